The number of imidazole rings is 1. The number of aryl methyl sites for hydroxylation is 2. The number of sulfonamides is 1. The number of aromatic nitrogens is 2. The number of rotatable bonds is 7. The van der Waals surface area contributed by atoms with Crippen LogP contribution in [0, 0.1) is 0 Å². The van der Waals surface area contributed by atoms with Gasteiger partial charge in [0.1, 0.15) is 5.82 Å². The molecule has 1 aromatic heterocycles. The Hall–Kier alpha value is -1.97. The molecular formula is C25H37N5O3S. The summed E-state index contributed by atoms with van der Waals surface area (Å²) in [5.74, 6) is 1.04. The first kappa shape index (κ1) is 23.8. The zero-order valence-corrected chi connectivity index (χ0v) is 21.1. The van der Waals surface area contributed by atoms with Gasteiger partial charge in [0.05, 0.1) is 15.9 Å². The SMILES string of the molecule is Cn1c(CCC(=O)N2CCCC2CN2CCCC2)nc2cc(S(=O)(=O)N3CCCCC3)ccc21. The lowest BCUT2D eigenvalue weighted by molar-refractivity contribution is -0.132. The Morgan fingerprint density at radius 2 is 1.74 bits per heavy atom. The standard InChI is InChI=1S/C25H37N5O3S/c1-27-23-10-9-21(34(32,33)29-15-3-2-4-16-29)18-22(23)26-24(27)11-12-25(31)30-17-7-8-20(30)19-28-13-5-6-14-28/h9-10,18,20H,2-8,11-17,19H2,1H3. The van der Waals surface area contributed by atoms with Gasteiger partial charge in [-0.25, -0.2) is 13.4 Å². The summed E-state index contributed by atoms with van der Waals surface area (Å²) in [6.07, 6.45) is 8.65. The fourth-order valence-electron chi connectivity index (χ4n) is 5.85. The molecule has 3 fully saturated rings. The van der Waals surface area contributed by atoms with Gasteiger partial charge in [0.2, 0.25) is 15.9 Å². The van der Waals surface area contributed by atoms with E-state index < -0.39 is 10.0 Å². The number of benzene rings is 1. The second-order valence-corrected chi connectivity index (χ2v) is 12.0. The predicted molar refractivity (Wildman–Crippen MR) is 132 cm³/mol. The van der Waals surface area contributed by atoms with Crippen molar-refractivity contribution in [3.8, 4) is 0 Å². The molecule has 1 aromatic carbocycles. The molecule has 2 aromatic rings. The molecule has 0 aliphatic carbocycles. The van der Waals surface area contributed by atoms with E-state index >= 15 is 0 Å². The van der Waals surface area contributed by atoms with E-state index in [1.165, 1.54) is 12.8 Å². The van der Waals surface area contributed by atoms with Crippen LogP contribution >= 0.6 is 0 Å². The summed E-state index contributed by atoms with van der Waals surface area (Å²) in [7, 11) is -1.55. The van der Waals surface area contributed by atoms with E-state index in [0.29, 0.717) is 42.4 Å². The molecule has 8 nitrogen and oxygen atoms in total. The van der Waals surface area contributed by atoms with Crippen molar-refractivity contribution in [3.05, 3.63) is 24.0 Å². The van der Waals surface area contributed by atoms with Crippen molar-refractivity contribution in [2.75, 3.05) is 39.3 Å². The Labute approximate surface area is 203 Å². The Morgan fingerprint density at radius 1 is 1.00 bits per heavy atom. The smallest absolute Gasteiger partial charge is 0.243 e. The van der Waals surface area contributed by atoms with E-state index in [-0.39, 0.29) is 5.91 Å². The molecule has 186 valence electrons. The minimum Gasteiger partial charge on any atom is -0.338 e. The molecule has 0 saturated carbocycles. The number of hydrogen-bond donors (Lipinski definition) is 0. The van der Waals surface area contributed by atoms with Crippen LogP contribution in [-0.2, 0) is 28.3 Å². The molecule has 3 aliphatic rings. The van der Waals surface area contributed by atoms with Crippen molar-refractivity contribution in [2.24, 2.45) is 7.05 Å². The summed E-state index contributed by atoms with van der Waals surface area (Å²) in [6.45, 7) is 5.36. The van der Waals surface area contributed by atoms with Gasteiger partial charge in [-0.2, -0.15) is 4.31 Å². The van der Waals surface area contributed by atoms with E-state index in [4.69, 9.17) is 4.98 Å². The van der Waals surface area contributed by atoms with Crippen LogP contribution in [0.1, 0.15) is 57.2 Å². The van der Waals surface area contributed by atoms with E-state index in [2.05, 4.69) is 9.80 Å². The number of likely N-dealkylation sites (tertiary alicyclic amines) is 2. The Morgan fingerprint density at radius 3 is 2.50 bits per heavy atom. The molecule has 3 saturated heterocycles. The maximum Gasteiger partial charge on any atom is 0.243 e. The minimum atomic E-state index is -3.49. The van der Waals surface area contributed by atoms with Crippen LogP contribution < -0.4 is 0 Å². The number of piperidine rings is 1. The highest BCUT2D eigenvalue weighted by Gasteiger charge is 2.31. The van der Waals surface area contributed by atoms with Gasteiger partial charge < -0.3 is 14.4 Å². The van der Waals surface area contributed by atoms with Crippen molar-refractivity contribution in [3.63, 3.8) is 0 Å². The molecule has 3 aliphatic heterocycles. The fourth-order valence-corrected chi connectivity index (χ4v) is 7.38. The summed E-state index contributed by atoms with van der Waals surface area (Å²) >= 11 is 0. The van der Waals surface area contributed by atoms with Crippen molar-refractivity contribution in [1.82, 2.24) is 23.7 Å². The maximum absolute atomic E-state index is 13.1. The normalized spacial score (nSPS) is 22.7. The van der Waals surface area contributed by atoms with E-state index in [1.54, 1.807) is 16.4 Å². The number of carbonyl (C=O) groups is 1. The minimum absolute atomic E-state index is 0.210. The molecule has 34 heavy (non-hydrogen) atoms. The van der Waals surface area contributed by atoms with Gasteiger partial charge in [-0.3, -0.25) is 4.79 Å². The van der Waals surface area contributed by atoms with Crippen LogP contribution in [0.2, 0.25) is 0 Å². The highest BCUT2D eigenvalue weighted by atomic mass is 32.2. The molecule has 0 N–H and O–H groups in total. The molecule has 0 spiro atoms. The molecule has 5 rings (SSSR count). The van der Waals surface area contributed by atoms with Crippen LogP contribution in [0.25, 0.3) is 11.0 Å². The molecule has 4 heterocycles. The predicted octanol–water partition coefficient (Wildman–Crippen LogP) is 2.77. The molecule has 1 atom stereocenters. The zero-order valence-electron chi connectivity index (χ0n) is 20.3. The first-order valence-electron chi connectivity index (χ1n) is 12.9. The number of carbonyl (C=O) groups excluding carboxylic acids is 1. The average molecular weight is 488 g/mol. The average Bonchev–Trinajstić information content (AvgIpc) is 3.60. The van der Waals surface area contributed by atoms with E-state index in [1.807, 2.05) is 17.7 Å². The number of amides is 1. The third kappa shape index (κ3) is 4.75. The van der Waals surface area contributed by atoms with Crippen LogP contribution in [0.5, 0.6) is 0 Å². The Kier molecular flexibility index (Phi) is 6.95. The van der Waals surface area contributed by atoms with Crippen molar-refractivity contribution in [2.45, 2.75) is 68.7 Å². The van der Waals surface area contributed by atoms with Gasteiger partial charge in [0, 0.05) is 52.1 Å². The van der Waals surface area contributed by atoms with Gasteiger partial charge in [0.15, 0.2) is 0 Å². The molecular weight excluding hydrogens is 450 g/mol. The van der Waals surface area contributed by atoms with Crippen LogP contribution in [0.4, 0.5) is 0 Å². The summed E-state index contributed by atoms with van der Waals surface area (Å²) in [4.78, 5) is 22.7. The topological polar surface area (TPSA) is 78.8 Å². The third-order valence-corrected chi connectivity index (χ3v) is 9.72. The van der Waals surface area contributed by atoms with Gasteiger partial charge >= 0.3 is 0 Å². The number of hydrogen-bond acceptors (Lipinski definition) is 5. The van der Waals surface area contributed by atoms with Gasteiger partial charge in [-0.1, -0.05) is 6.42 Å². The molecule has 0 radical (unpaired) electrons. The molecule has 1 amide bonds. The van der Waals surface area contributed by atoms with Crippen molar-refractivity contribution in [1.29, 1.82) is 0 Å². The van der Waals surface area contributed by atoms with Gasteiger partial charge in [-0.15, -0.1) is 0 Å². The van der Waals surface area contributed by atoms with Gasteiger partial charge in [-0.05, 0) is 69.8 Å². The molecule has 9 heteroatoms. The quantitative estimate of drug-likeness (QED) is 0.600. The zero-order chi connectivity index (χ0) is 23.7. The monoisotopic (exact) mass is 487 g/mol. The lowest BCUT2D eigenvalue weighted by Crippen LogP contribution is -2.42. The Bertz CT molecular complexity index is 1130. The second kappa shape index (κ2) is 9.95. The largest absolute Gasteiger partial charge is 0.338 e. The van der Waals surface area contributed by atoms with Crippen LogP contribution in [0.3, 0.4) is 0 Å². The number of fused-ring (bicyclic) bond motifs is 1. The van der Waals surface area contributed by atoms with Crippen LogP contribution in [0.15, 0.2) is 23.1 Å². The first-order valence-corrected chi connectivity index (χ1v) is 14.3. The van der Waals surface area contributed by atoms with Gasteiger partial charge in [0.25, 0.3) is 0 Å². The molecule has 1 unspecified atom stereocenters. The highest BCUT2D eigenvalue weighted by molar-refractivity contribution is 7.89. The van der Waals surface area contributed by atoms with Crippen molar-refractivity contribution < 1.29 is 13.2 Å². The van der Waals surface area contributed by atoms with Crippen LogP contribution in [-0.4, -0.2) is 83.3 Å². The van der Waals surface area contributed by atoms with Crippen molar-refractivity contribution >= 4 is 27.0 Å². The summed E-state index contributed by atoms with van der Waals surface area (Å²) in [5.41, 5.74) is 1.57. The maximum atomic E-state index is 13.1. The first-order chi connectivity index (χ1) is 16.4. The lowest BCUT2D eigenvalue weighted by atomic mass is 10.2. The van der Waals surface area contributed by atoms with E-state index in [9.17, 15) is 13.2 Å². The highest BCUT2D eigenvalue weighted by Crippen LogP contribution is 2.26. The number of nitrogens with zero attached hydrogens (tertiary/aromatic N) is 5. The summed E-state index contributed by atoms with van der Waals surface area (Å²) in [6, 6.07) is 5.57. The third-order valence-electron chi connectivity index (χ3n) is 7.83. The lowest BCUT2D eigenvalue weighted by Gasteiger charge is -2.28. The van der Waals surface area contributed by atoms with E-state index in [0.717, 1.165) is 69.6 Å². The Balaban J connectivity index is 1.26. The summed E-state index contributed by atoms with van der Waals surface area (Å²) < 4.78 is 29.7. The molecule has 0 bridgehead atoms. The summed E-state index contributed by atoms with van der Waals surface area (Å²) in [5, 5.41) is 0. The fraction of sp³-hybridized carbons (Fsp3) is 0.680. The second-order valence-electron chi connectivity index (χ2n) is 10.1.